The number of fused-ring (bicyclic) bond motifs is 1. The highest BCUT2D eigenvalue weighted by Crippen LogP contribution is 2.24. The first-order valence-corrected chi connectivity index (χ1v) is 12.8. The van der Waals surface area contributed by atoms with Crippen molar-refractivity contribution in [2.24, 2.45) is 0 Å². The van der Waals surface area contributed by atoms with Crippen molar-refractivity contribution in [3.8, 4) is 0 Å². The molecule has 10 heteroatoms. The van der Waals surface area contributed by atoms with Crippen molar-refractivity contribution < 1.29 is 13.2 Å². The third-order valence-corrected chi connectivity index (χ3v) is 8.72. The van der Waals surface area contributed by atoms with Gasteiger partial charge < -0.3 is 4.90 Å². The quantitative estimate of drug-likeness (QED) is 0.501. The van der Waals surface area contributed by atoms with Crippen molar-refractivity contribution in [2.45, 2.75) is 29.3 Å². The zero-order valence-electron chi connectivity index (χ0n) is 16.5. The average molecular weight is 463 g/mol. The molecule has 0 bridgehead atoms. The van der Waals surface area contributed by atoms with Gasteiger partial charge in [-0.1, -0.05) is 23.9 Å². The van der Waals surface area contributed by atoms with E-state index in [2.05, 4.69) is 9.97 Å². The molecule has 1 aliphatic heterocycles. The number of thioether (sulfide) groups is 1. The molecule has 3 heterocycles. The summed E-state index contributed by atoms with van der Waals surface area (Å²) in [5.74, 6) is 0.196. The van der Waals surface area contributed by atoms with Gasteiger partial charge in [-0.2, -0.15) is 4.31 Å². The van der Waals surface area contributed by atoms with Gasteiger partial charge in [0.05, 0.1) is 27.5 Å². The second kappa shape index (κ2) is 9.01. The predicted octanol–water partition coefficient (Wildman–Crippen LogP) is 3.23. The number of carbonyl (C=O) groups excluding carboxylic acids is 1. The molecular formula is C20H22N4O3S3. The molecular weight excluding hydrogens is 440 g/mol. The highest BCUT2D eigenvalue weighted by atomic mass is 32.2. The lowest BCUT2D eigenvalue weighted by Gasteiger charge is -2.16. The van der Waals surface area contributed by atoms with Gasteiger partial charge in [-0.05, 0) is 37.1 Å². The van der Waals surface area contributed by atoms with E-state index in [0.29, 0.717) is 24.7 Å². The van der Waals surface area contributed by atoms with Gasteiger partial charge in [-0.15, -0.1) is 11.3 Å². The Bertz CT molecular complexity index is 1110. The van der Waals surface area contributed by atoms with Gasteiger partial charge in [0.2, 0.25) is 15.9 Å². The summed E-state index contributed by atoms with van der Waals surface area (Å²) in [5, 5.41) is 1.52. The van der Waals surface area contributed by atoms with Crippen LogP contribution in [0.5, 0.6) is 0 Å². The second-order valence-electron chi connectivity index (χ2n) is 7.06. The molecule has 1 aliphatic rings. The van der Waals surface area contributed by atoms with Crippen LogP contribution in [0.2, 0.25) is 0 Å². The van der Waals surface area contributed by atoms with Crippen molar-refractivity contribution in [2.75, 3.05) is 25.9 Å². The minimum absolute atomic E-state index is 0.0326. The Morgan fingerprint density at radius 2 is 1.97 bits per heavy atom. The van der Waals surface area contributed by atoms with E-state index in [-0.39, 0.29) is 16.6 Å². The smallest absolute Gasteiger partial charge is 0.244 e. The SMILES string of the molecule is CN(Cc1nc2ccccc2s1)C(=O)CSc1ccc(S(=O)(=O)N2CCCC2)cn1. The molecule has 0 saturated carbocycles. The summed E-state index contributed by atoms with van der Waals surface area (Å²) in [4.78, 5) is 23.1. The number of rotatable bonds is 7. The molecule has 0 spiro atoms. The number of para-hydroxylation sites is 1. The molecule has 158 valence electrons. The number of pyridine rings is 1. The first-order valence-electron chi connectivity index (χ1n) is 9.61. The second-order valence-corrected chi connectivity index (χ2v) is 11.1. The van der Waals surface area contributed by atoms with Crippen LogP contribution in [0.15, 0.2) is 52.5 Å². The summed E-state index contributed by atoms with van der Waals surface area (Å²) < 4.78 is 27.7. The summed E-state index contributed by atoms with van der Waals surface area (Å²) in [6, 6.07) is 11.1. The number of benzene rings is 1. The van der Waals surface area contributed by atoms with Crippen molar-refractivity contribution in [3.63, 3.8) is 0 Å². The Kier molecular flexibility index (Phi) is 6.37. The van der Waals surface area contributed by atoms with Gasteiger partial charge in [0.15, 0.2) is 0 Å². The Balaban J connectivity index is 1.33. The largest absolute Gasteiger partial charge is 0.338 e. The highest BCUT2D eigenvalue weighted by Gasteiger charge is 2.27. The molecule has 0 radical (unpaired) electrons. The van der Waals surface area contributed by atoms with E-state index in [1.54, 1.807) is 35.4 Å². The fraction of sp³-hybridized carbons (Fsp3) is 0.350. The fourth-order valence-electron chi connectivity index (χ4n) is 3.21. The number of nitrogens with zero attached hydrogens (tertiary/aromatic N) is 4. The standard InChI is InChI=1S/C20H22N4O3S3/c1-23(13-19-22-16-6-2-3-7-17(16)29-19)20(25)14-28-18-9-8-15(12-21-18)30(26,27)24-10-4-5-11-24/h2-3,6-9,12H,4-5,10-11,13-14H2,1H3. The lowest BCUT2D eigenvalue weighted by molar-refractivity contribution is -0.127. The number of aromatic nitrogens is 2. The minimum Gasteiger partial charge on any atom is -0.338 e. The third kappa shape index (κ3) is 4.66. The van der Waals surface area contributed by atoms with Crippen molar-refractivity contribution in [1.82, 2.24) is 19.2 Å². The lowest BCUT2D eigenvalue weighted by Crippen LogP contribution is -2.28. The minimum atomic E-state index is -3.47. The van der Waals surface area contributed by atoms with E-state index in [1.807, 2.05) is 24.3 Å². The molecule has 1 saturated heterocycles. The Labute approximate surface area is 184 Å². The summed E-state index contributed by atoms with van der Waals surface area (Å²) in [5.41, 5.74) is 0.945. The van der Waals surface area contributed by atoms with Gasteiger partial charge in [0.1, 0.15) is 9.90 Å². The number of hydrogen-bond donors (Lipinski definition) is 0. The van der Waals surface area contributed by atoms with Crippen LogP contribution >= 0.6 is 23.1 Å². The van der Waals surface area contributed by atoms with Crippen LogP contribution in [0.25, 0.3) is 10.2 Å². The maximum atomic E-state index is 12.6. The summed E-state index contributed by atoms with van der Waals surface area (Å²) in [6.07, 6.45) is 3.17. The van der Waals surface area contributed by atoms with Gasteiger partial charge in [0, 0.05) is 26.3 Å². The van der Waals surface area contributed by atoms with Gasteiger partial charge in [0.25, 0.3) is 0 Å². The average Bonchev–Trinajstić information content (AvgIpc) is 3.42. The molecule has 2 aromatic heterocycles. The molecule has 4 rings (SSSR count). The van der Waals surface area contributed by atoms with Crippen LogP contribution in [-0.2, 0) is 21.4 Å². The fourth-order valence-corrected chi connectivity index (χ4v) is 6.47. The molecule has 7 nitrogen and oxygen atoms in total. The Morgan fingerprint density at radius 1 is 1.20 bits per heavy atom. The lowest BCUT2D eigenvalue weighted by atomic mass is 10.3. The molecule has 0 atom stereocenters. The maximum Gasteiger partial charge on any atom is 0.244 e. The monoisotopic (exact) mass is 462 g/mol. The van der Waals surface area contributed by atoms with Crippen LogP contribution in [0.4, 0.5) is 0 Å². The van der Waals surface area contributed by atoms with E-state index in [4.69, 9.17) is 0 Å². The Hall–Kier alpha value is -2.01. The van der Waals surface area contributed by atoms with Crippen molar-refractivity contribution >= 4 is 49.2 Å². The molecule has 1 amide bonds. The van der Waals surface area contributed by atoms with Gasteiger partial charge in [-0.25, -0.2) is 18.4 Å². The van der Waals surface area contributed by atoms with E-state index in [1.165, 1.54) is 22.3 Å². The highest BCUT2D eigenvalue weighted by molar-refractivity contribution is 7.99. The molecule has 1 fully saturated rings. The van der Waals surface area contributed by atoms with Crippen LogP contribution in [-0.4, -0.2) is 59.4 Å². The summed E-state index contributed by atoms with van der Waals surface area (Å²) >= 11 is 2.88. The van der Waals surface area contributed by atoms with Crippen LogP contribution in [0.3, 0.4) is 0 Å². The number of hydrogen-bond acceptors (Lipinski definition) is 7. The molecule has 0 aliphatic carbocycles. The van der Waals surface area contributed by atoms with Gasteiger partial charge in [-0.3, -0.25) is 4.79 Å². The van der Waals surface area contributed by atoms with Crippen LogP contribution in [0, 0.1) is 0 Å². The van der Waals surface area contributed by atoms with E-state index >= 15 is 0 Å². The van der Waals surface area contributed by atoms with E-state index in [0.717, 1.165) is 28.1 Å². The molecule has 3 aromatic rings. The molecule has 1 aromatic carbocycles. The zero-order valence-corrected chi connectivity index (χ0v) is 19.0. The maximum absolute atomic E-state index is 12.6. The summed E-state index contributed by atoms with van der Waals surface area (Å²) in [6.45, 7) is 1.59. The summed E-state index contributed by atoms with van der Waals surface area (Å²) in [7, 11) is -1.71. The Morgan fingerprint density at radius 3 is 2.67 bits per heavy atom. The number of sulfonamides is 1. The molecule has 0 N–H and O–H groups in total. The zero-order chi connectivity index (χ0) is 21.1. The van der Waals surface area contributed by atoms with Crippen molar-refractivity contribution in [1.29, 1.82) is 0 Å². The first kappa shape index (κ1) is 21.2. The normalized spacial score (nSPS) is 15.0. The first-order chi connectivity index (χ1) is 14.4. The number of carbonyl (C=O) groups is 1. The van der Waals surface area contributed by atoms with E-state index in [9.17, 15) is 13.2 Å². The number of amides is 1. The van der Waals surface area contributed by atoms with Gasteiger partial charge >= 0.3 is 0 Å². The third-order valence-electron chi connectivity index (χ3n) is 4.89. The van der Waals surface area contributed by atoms with Crippen molar-refractivity contribution in [3.05, 3.63) is 47.6 Å². The molecule has 30 heavy (non-hydrogen) atoms. The van der Waals surface area contributed by atoms with E-state index < -0.39 is 10.0 Å². The number of thiazole rings is 1. The predicted molar refractivity (Wildman–Crippen MR) is 119 cm³/mol. The van der Waals surface area contributed by atoms with Crippen LogP contribution < -0.4 is 0 Å². The van der Waals surface area contributed by atoms with Crippen LogP contribution in [0.1, 0.15) is 17.8 Å². The molecule has 0 unspecified atom stereocenters. The topological polar surface area (TPSA) is 83.5 Å².